The van der Waals surface area contributed by atoms with Gasteiger partial charge in [0.2, 0.25) is 11.7 Å². The number of halogens is 1. The van der Waals surface area contributed by atoms with Gasteiger partial charge in [0.25, 0.3) is 5.91 Å². The van der Waals surface area contributed by atoms with Crippen LogP contribution in [0.1, 0.15) is 27.6 Å². The molecule has 0 aliphatic carbocycles. The first-order chi connectivity index (χ1) is 12.6. The van der Waals surface area contributed by atoms with Crippen molar-refractivity contribution in [1.29, 1.82) is 0 Å². The van der Waals surface area contributed by atoms with Crippen molar-refractivity contribution in [2.75, 3.05) is 6.54 Å². The van der Waals surface area contributed by atoms with Gasteiger partial charge < -0.3 is 14.6 Å². The summed E-state index contributed by atoms with van der Waals surface area (Å²) in [6.45, 7) is 2.33. The first kappa shape index (κ1) is 17.6. The number of amides is 1. The maximum Gasteiger partial charge on any atom is 0.251 e. The third-order valence-corrected chi connectivity index (χ3v) is 3.64. The van der Waals surface area contributed by atoms with Crippen LogP contribution in [-0.2, 0) is 13.0 Å². The van der Waals surface area contributed by atoms with E-state index in [0.29, 0.717) is 36.0 Å². The van der Waals surface area contributed by atoms with Gasteiger partial charge in [-0.2, -0.15) is 4.98 Å². The van der Waals surface area contributed by atoms with Crippen LogP contribution in [0.15, 0.2) is 53.1 Å². The molecule has 0 atom stereocenters. The molecule has 3 aromatic rings. The zero-order valence-electron chi connectivity index (χ0n) is 14.2. The highest BCUT2D eigenvalue weighted by Gasteiger charge is 2.07. The minimum atomic E-state index is -0.277. The molecule has 26 heavy (non-hydrogen) atoms. The average Bonchev–Trinajstić information content (AvgIpc) is 3.06. The number of hydrogen-bond donors (Lipinski definition) is 1. The van der Waals surface area contributed by atoms with Crippen LogP contribution in [-0.4, -0.2) is 22.6 Å². The molecule has 0 spiro atoms. The molecule has 0 bridgehead atoms. The van der Waals surface area contributed by atoms with Crippen LogP contribution < -0.4 is 10.1 Å². The topological polar surface area (TPSA) is 77.2 Å². The number of rotatable bonds is 7. The van der Waals surface area contributed by atoms with E-state index < -0.39 is 0 Å². The van der Waals surface area contributed by atoms with Gasteiger partial charge in [0, 0.05) is 19.0 Å². The summed E-state index contributed by atoms with van der Waals surface area (Å²) in [7, 11) is 0. The lowest BCUT2D eigenvalue weighted by Gasteiger charge is -2.07. The molecular weight excluding hydrogens is 337 g/mol. The summed E-state index contributed by atoms with van der Waals surface area (Å²) in [6, 6.07) is 13.1. The number of carbonyl (C=O) groups excluding carboxylic acids is 1. The van der Waals surface area contributed by atoms with E-state index in [1.54, 1.807) is 37.3 Å². The molecule has 0 unspecified atom stereocenters. The molecule has 0 fully saturated rings. The Morgan fingerprint density at radius 3 is 2.73 bits per heavy atom. The van der Waals surface area contributed by atoms with Crippen LogP contribution in [0.25, 0.3) is 0 Å². The van der Waals surface area contributed by atoms with Crippen molar-refractivity contribution >= 4 is 5.91 Å². The number of benzene rings is 2. The fourth-order valence-corrected chi connectivity index (χ4v) is 2.37. The Kier molecular flexibility index (Phi) is 5.58. The van der Waals surface area contributed by atoms with Gasteiger partial charge in [0.15, 0.2) is 6.61 Å². The maximum absolute atomic E-state index is 13.1. The second-order valence-corrected chi connectivity index (χ2v) is 5.68. The van der Waals surface area contributed by atoms with Gasteiger partial charge >= 0.3 is 0 Å². The van der Waals surface area contributed by atoms with Gasteiger partial charge in [0.1, 0.15) is 11.6 Å². The summed E-state index contributed by atoms with van der Waals surface area (Å²) in [4.78, 5) is 16.2. The number of ether oxygens (including phenoxy) is 1. The van der Waals surface area contributed by atoms with Crippen molar-refractivity contribution < 1.29 is 18.4 Å². The fourth-order valence-electron chi connectivity index (χ4n) is 2.37. The van der Waals surface area contributed by atoms with Crippen molar-refractivity contribution in [1.82, 2.24) is 15.5 Å². The summed E-state index contributed by atoms with van der Waals surface area (Å²) in [6.07, 6.45) is 0.564. The first-order valence-electron chi connectivity index (χ1n) is 8.15. The van der Waals surface area contributed by atoms with Crippen LogP contribution in [0.3, 0.4) is 0 Å². The summed E-state index contributed by atoms with van der Waals surface area (Å²) in [5, 5.41) is 6.55. The van der Waals surface area contributed by atoms with E-state index in [9.17, 15) is 9.18 Å². The van der Waals surface area contributed by atoms with Crippen LogP contribution in [0.5, 0.6) is 5.75 Å². The molecule has 1 heterocycles. The van der Waals surface area contributed by atoms with Crippen molar-refractivity contribution in [2.24, 2.45) is 0 Å². The zero-order chi connectivity index (χ0) is 18.4. The second-order valence-electron chi connectivity index (χ2n) is 5.68. The molecule has 0 saturated heterocycles. The number of hydrogen-bond acceptors (Lipinski definition) is 5. The van der Waals surface area contributed by atoms with Crippen LogP contribution in [0, 0.1) is 12.7 Å². The molecular formula is C19H18FN3O3. The largest absolute Gasteiger partial charge is 0.485 e. The average molecular weight is 355 g/mol. The summed E-state index contributed by atoms with van der Waals surface area (Å²) < 4.78 is 23.5. The molecule has 1 N–H and O–H groups in total. The molecule has 134 valence electrons. The van der Waals surface area contributed by atoms with Gasteiger partial charge in [0.05, 0.1) is 0 Å². The lowest BCUT2D eigenvalue weighted by atomic mass is 10.1. The van der Waals surface area contributed by atoms with Crippen LogP contribution in [0.2, 0.25) is 0 Å². The summed E-state index contributed by atoms with van der Waals surface area (Å²) in [5.41, 5.74) is 1.36. The SMILES string of the molecule is Cc1nc(COc2ccc(C(=O)NCCc3cccc(F)c3)cc2)no1. The molecule has 3 rings (SSSR count). The predicted molar refractivity (Wildman–Crippen MR) is 92.2 cm³/mol. The highest BCUT2D eigenvalue weighted by molar-refractivity contribution is 5.94. The van der Waals surface area contributed by atoms with E-state index in [0.717, 1.165) is 5.56 Å². The molecule has 0 saturated carbocycles. The molecule has 1 aromatic heterocycles. The fraction of sp³-hybridized carbons (Fsp3) is 0.211. The zero-order valence-corrected chi connectivity index (χ0v) is 14.2. The molecule has 0 radical (unpaired) electrons. The molecule has 1 amide bonds. The Morgan fingerprint density at radius 1 is 1.23 bits per heavy atom. The standard InChI is InChI=1S/C19H18FN3O3/c1-13-22-18(23-26-13)12-25-17-7-5-15(6-8-17)19(24)21-10-9-14-3-2-4-16(20)11-14/h2-8,11H,9-10,12H2,1H3,(H,21,24). The number of carbonyl (C=O) groups is 1. The van der Waals surface area contributed by atoms with Crippen molar-refractivity contribution in [2.45, 2.75) is 20.0 Å². The highest BCUT2D eigenvalue weighted by atomic mass is 19.1. The van der Waals surface area contributed by atoms with E-state index in [4.69, 9.17) is 9.26 Å². The number of nitrogens with zero attached hydrogens (tertiary/aromatic N) is 2. The van der Waals surface area contributed by atoms with Crippen molar-refractivity contribution in [3.8, 4) is 5.75 Å². The normalized spacial score (nSPS) is 10.5. The quantitative estimate of drug-likeness (QED) is 0.705. The van der Waals surface area contributed by atoms with E-state index in [1.165, 1.54) is 12.1 Å². The third kappa shape index (κ3) is 4.89. The molecule has 2 aromatic carbocycles. The number of nitrogens with one attached hydrogen (secondary N) is 1. The van der Waals surface area contributed by atoms with Crippen molar-refractivity contribution in [3.05, 3.63) is 77.2 Å². The van der Waals surface area contributed by atoms with Crippen LogP contribution in [0.4, 0.5) is 4.39 Å². The second kappa shape index (κ2) is 8.24. The summed E-state index contributed by atoms with van der Waals surface area (Å²) in [5.74, 6) is 1.07. The summed E-state index contributed by atoms with van der Waals surface area (Å²) >= 11 is 0. The minimum Gasteiger partial charge on any atom is -0.485 e. The predicted octanol–water partition coefficient (Wildman–Crippen LogP) is 3.07. The Bertz CT molecular complexity index is 878. The Morgan fingerprint density at radius 2 is 2.04 bits per heavy atom. The molecule has 7 heteroatoms. The molecule has 0 aliphatic heterocycles. The Balaban J connectivity index is 1.47. The van der Waals surface area contributed by atoms with Gasteiger partial charge in [-0.05, 0) is 48.4 Å². The lowest BCUT2D eigenvalue weighted by Crippen LogP contribution is -2.25. The Labute approximate surface area is 150 Å². The first-order valence-corrected chi connectivity index (χ1v) is 8.15. The number of aryl methyl sites for hydroxylation is 1. The van der Waals surface area contributed by atoms with E-state index >= 15 is 0 Å². The molecule has 6 nitrogen and oxygen atoms in total. The smallest absolute Gasteiger partial charge is 0.251 e. The molecule has 0 aliphatic rings. The van der Waals surface area contributed by atoms with E-state index in [1.807, 2.05) is 6.07 Å². The van der Waals surface area contributed by atoms with Crippen molar-refractivity contribution in [3.63, 3.8) is 0 Å². The number of aromatic nitrogens is 2. The third-order valence-electron chi connectivity index (χ3n) is 3.64. The van der Waals surface area contributed by atoms with Crippen LogP contribution >= 0.6 is 0 Å². The van der Waals surface area contributed by atoms with Gasteiger partial charge in [-0.25, -0.2) is 4.39 Å². The lowest BCUT2D eigenvalue weighted by molar-refractivity contribution is 0.0954. The van der Waals surface area contributed by atoms with Gasteiger partial charge in [-0.15, -0.1) is 0 Å². The minimum absolute atomic E-state index is 0.191. The highest BCUT2D eigenvalue weighted by Crippen LogP contribution is 2.13. The Hall–Kier alpha value is -3.22. The monoisotopic (exact) mass is 355 g/mol. The van der Waals surface area contributed by atoms with Gasteiger partial charge in [-0.3, -0.25) is 4.79 Å². The maximum atomic E-state index is 13.1. The van der Waals surface area contributed by atoms with E-state index in [-0.39, 0.29) is 18.3 Å². The van der Waals surface area contributed by atoms with E-state index in [2.05, 4.69) is 15.5 Å². The van der Waals surface area contributed by atoms with Gasteiger partial charge in [-0.1, -0.05) is 17.3 Å².